The zero-order valence-corrected chi connectivity index (χ0v) is 22.8. The lowest BCUT2D eigenvalue weighted by atomic mass is 9.76. The molecule has 0 heterocycles. The highest BCUT2D eigenvalue weighted by Crippen LogP contribution is 2.40. The molecule has 0 aromatic heterocycles. The molecule has 1 saturated carbocycles. The molecule has 192 valence electrons. The number of aryl methyl sites for hydroxylation is 2. The molecule has 35 heavy (non-hydrogen) atoms. The van der Waals surface area contributed by atoms with Crippen molar-refractivity contribution in [3.05, 3.63) is 53.1 Å². The van der Waals surface area contributed by atoms with Crippen LogP contribution in [0.3, 0.4) is 0 Å². The van der Waals surface area contributed by atoms with Gasteiger partial charge in [-0.25, -0.2) is 0 Å². The first-order valence-corrected chi connectivity index (χ1v) is 14.4. The minimum Gasteiger partial charge on any atom is -0.426 e. The summed E-state index contributed by atoms with van der Waals surface area (Å²) in [6, 6.07) is 13.2. The van der Waals surface area contributed by atoms with E-state index >= 15 is 0 Å². The molecule has 2 aromatic rings. The number of esters is 1. The van der Waals surface area contributed by atoms with Gasteiger partial charge in [-0.2, -0.15) is 0 Å². The van der Waals surface area contributed by atoms with Crippen LogP contribution in [0.4, 0.5) is 0 Å². The zero-order valence-electron chi connectivity index (χ0n) is 22.8. The van der Waals surface area contributed by atoms with Gasteiger partial charge in [0.05, 0.1) is 0 Å². The molecule has 0 aliphatic heterocycles. The van der Waals surface area contributed by atoms with Crippen LogP contribution < -0.4 is 4.74 Å². The number of carbonyl (C=O) groups excluding carboxylic acids is 1. The van der Waals surface area contributed by atoms with Crippen LogP contribution in [-0.4, -0.2) is 5.97 Å². The van der Waals surface area contributed by atoms with Crippen LogP contribution in [0.1, 0.15) is 126 Å². The molecule has 1 aliphatic rings. The quantitative estimate of drug-likeness (QED) is 0.163. The number of carbonyl (C=O) groups is 1. The molecule has 2 aromatic carbocycles. The Bertz CT molecular complexity index is 921. The summed E-state index contributed by atoms with van der Waals surface area (Å²) in [5.41, 5.74) is 6.41. The second kappa shape index (κ2) is 14.5. The maximum absolute atomic E-state index is 12.2. The fraction of sp³-hybridized carbons (Fsp3) is 0.606. The second-order valence-corrected chi connectivity index (χ2v) is 10.9. The van der Waals surface area contributed by atoms with Crippen molar-refractivity contribution < 1.29 is 9.53 Å². The third-order valence-electron chi connectivity index (χ3n) is 7.99. The van der Waals surface area contributed by atoms with Crippen molar-refractivity contribution in [2.45, 2.75) is 124 Å². The van der Waals surface area contributed by atoms with Crippen LogP contribution in [0, 0.1) is 19.8 Å². The Kier molecular flexibility index (Phi) is 11.4. The molecule has 1 fully saturated rings. The first kappa shape index (κ1) is 27.5. The summed E-state index contributed by atoms with van der Waals surface area (Å²) in [4.78, 5) is 12.2. The Morgan fingerprint density at radius 2 is 1.40 bits per heavy atom. The highest BCUT2D eigenvalue weighted by Gasteiger charge is 2.23. The first-order chi connectivity index (χ1) is 17.0. The minimum atomic E-state index is -0.113. The maximum atomic E-state index is 12.2. The molecular weight excluding hydrogens is 428 g/mol. The van der Waals surface area contributed by atoms with Gasteiger partial charge in [-0.3, -0.25) is 4.79 Å². The van der Waals surface area contributed by atoms with E-state index in [-0.39, 0.29) is 5.97 Å². The summed E-state index contributed by atoms with van der Waals surface area (Å²) in [7, 11) is 0. The van der Waals surface area contributed by atoms with Crippen LogP contribution in [-0.2, 0) is 4.79 Å². The largest absolute Gasteiger partial charge is 0.426 e. The lowest BCUT2D eigenvalue weighted by Gasteiger charge is -2.30. The standard InChI is InChI=1S/C33H48O2/c1-5-7-9-10-12-14-33(34)35-32-22-20-30(24-26(32)4)29-19-21-31(25(3)23-29)28-17-15-27(16-18-28)13-11-8-6-2/h19-24,27-28H,5-18H2,1-4H3. The van der Waals surface area contributed by atoms with Gasteiger partial charge in [0.25, 0.3) is 0 Å². The summed E-state index contributed by atoms with van der Waals surface area (Å²) >= 11 is 0. The van der Waals surface area contributed by atoms with E-state index in [9.17, 15) is 4.79 Å². The van der Waals surface area contributed by atoms with Gasteiger partial charge in [0.1, 0.15) is 5.75 Å². The number of hydrogen-bond donors (Lipinski definition) is 0. The molecule has 0 bridgehead atoms. The van der Waals surface area contributed by atoms with Crippen molar-refractivity contribution in [3.8, 4) is 16.9 Å². The van der Waals surface area contributed by atoms with Gasteiger partial charge in [0.2, 0.25) is 0 Å². The molecule has 3 rings (SSSR count). The molecule has 0 atom stereocenters. The van der Waals surface area contributed by atoms with Crippen molar-refractivity contribution in [1.29, 1.82) is 0 Å². The van der Waals surface area contributed by atoms with Crippen molar-refractivity contribution in [1.82, 2.24) is 0 Å². The molecule has 0 unspecified atom stereocenters. The van der Waals surface area contributed by atoms with Crippen molar-refractivity contribution in [3.63, 3.8) is 0 Å². The summed E-state index contributed by atoms with van der Waals surface area (Å²) in [5, 5.41) is 0. The lowest BCUT2D eigenvalue weighted by Crippen LogP contribution is -2.14. The van der Waals surface area contributed by atoms with Crippen LogP contribution in [0.25, 0.3) is 11.1 Å². The van der Waals surface area contributed by atoms with E-state index in [0.29, 0.717) is 12.2 Å². The van der Waals surface area contributed by atoms with E-state index in [4.69, 9.17) is 4.74 Å². The fourth-order valence-corrected chi connectivity index (χ4v) is 5.75. The van der Waals surface area contributed by atoms with Gasteiger partial charge in [-0.1, -0.05) is 89.5 Å². The van der Waals surface area contributed by atoms with E-state index < -0.39 is 0 Å². The Morgan fingerprint density at radius 3 is 2.06 bits per heavy atom. The summed E-state index contributed by atoms with van der Waals surface area (Å²) < 4.78 is 5.67. The highest BCUT2D eigenvalue weighted by molar-refractivity contribution is 5.74. The topological polar surface area (TPSA) is 26.3 Å². The second-order valence-electron chi connectivity index (χ2n) is 10.9. The average molecular weight is 477 g/mol. The van der Waals surface area contributed by atoms with E-state index in [1.165, 1.54) is 87.3 Å². The molecule has 0 radical (unpaired) electrons. The number of rotatable bonds is 13. The Morgan fingerprint density at radius 1 is 0.771 bits per heavy atom. The number of hydrogen-bond acceptors (Lipinski definition) is 2. The Hall–Kier alpha value is -2.09. The molecule has 0 amide bonds. The van der Waals surface area contributed by atoms with E-state index in [1.54, 1.807) is 5.56 Å². The monoisotopic (exact) mass is 476 g/mol. The van der Waals surface area contributed by atoms with Gasteiger partial charge < -0.3 is 4.74 Å². The average Bonchev–Trinajstić information content (AvgIpc) is 2.86. The van der Waals surface area contributed by atoms with Gasteiger partial charge in [-0.15, -0.1) is 0 Å². The molecule has 2 nitrogen and oxygen atoms in total. The van der Waals surface area contributed by atoms with E-state index in [2.05, 4.69) is 51.1 Å². The fourth-order valence-electron chi connectivity index (χ4n) is 5.75. The van der Waals surface area contributed by atoms with Gasteiger partial charge >= 0.3 is 5.97 Å². The van der Waals surface area contributed by atoms with Gasteiger partial charge in [0.15, 0.2) is 0 Å². The lowest BCUT2D eigenvalue weighted by molar-refractivity contribution is -0.134. The SMILES string of the molecule is CCCCCCCC(=O)Oc1ccc(-c2ccc(C3CCC(CCCCC)CC3)c(C)c2)cc1C. The van der Waals surface area contributed by atoms with Crippen LogP contribution >= 0.6 is 0 Å². The summed E-state index contributed by atoms with van der Waals surface area (Å²) in [6.07, 6.45) is 17.2. The van der Waals surface area contributed by atoms with E-state index in [0.717, 1.165) is 30.2 Å². The third-order valence-corrected chi connectivity index (χ3v) is 7.99. The van der Waals surface area contributed by atoms with Crippen LogP contribution in [0.2, 0.25) is 0 Å². The van der Waals surface area contributed by atoms with Gasteiger partial charge in [-0.05, 0) is 97.7 Å². The first-order valence-electron chi connectivity index (χ1n) is 14.4. The summed E-state index contributed by atoms with van der Waals surface area (Å²) in [6.45, 7) is 8.81. The Labute approximate surface area is 214 Å². The normalized spacial score (nSPS) is 17.9. The predicted molar refractivity (Wildman–Crippen MR) is 149 cm³/mol. The van der Waals surface area contributed by atoms with Crippen molar-refractivity contribution in [2.24, 2.45) is 5.92 Å². The zero-order chi connectivity index (χ0) is 25.0. The molecule has 1 aliphatic carbocycles. The number of unbranched alkanes of at least 4 members (excludes halogenated alkanes) is 6. The predicted octanol–water partition coefficient (Wildman–Crippen LogP) is 10.1. The highest BCUT2D eigenvalue weighted by atomic mass is 16.5. The molecular formula is C33H48O2. The van der Waals surface area contributed by atoms with E-state index in [1.807, 2.05) is 13.0 Å². The number of benzene rings is 2. The summed E-state index contributed by atoms with van der Waals surface area (Å²) in [5.74, 6) is 2.25. The van der Waals surface area contributed by atoms with Crippen LogP contribution in [0.5, 0.6) is 5.75 Å². The van der Waals surface area contributed by atoms with Crippen LogP contribution in [0.15, 0.2) is 36.4 Å². The van der Waals surface area contributed by atoms with Crippen molar-refractivity contribution in [2.75, 3.05) is 0 Å². The molecule has 2 heteroatoms. The molecule has 0 spiro atoms. The maximum Gasteiger partial charge on any atom is 0.311 e. The Balaban J connectivity index is 1.55. The minimum absolute atomic E-state index is 0.113. The molecule has 0 saturated heterocycles. The third kappa shape index (κ3) is 8.51. The number of ether oxygens (including phenoxy) is 1. The van der Waals surface area contributed by atoms with Gasteiger partial charge in [0, 0.05) is 6.42 Å². The van der Waals surface area contributed by atoms with Crippen molar-refractivity contribution >= 4 is 5.97 Å². The molecule has 0 N–H and O–H groups in total. The smallest absolute Gasteiger partial charge is 0.311 e.